The molecule has 4 nitrogen and oxygen atoms in total. The second-order valence-corrected chi connectivity index (χ2v) is 4.39. The van der Waals surface area contributed by atoms with Gasteiger partial charge in [-0.05, 0) is 24.1 Å². The van der Waals surface area contributed by atoms with Gasteiger partial charge in [0.2, 0.25) is 0 Å². The van der Waals surface area contributed by atoms with Gasteiger partial charge in [-0.15, -0.1) is 0 Å². The summed E-state index contributed by atoms with van der Waals surface area (Å²) in [6.07, 6.45) is 1.10. The molecule has 0 aliphatic carbocycles. The number of hydrogen-bond acceptors (Lipinski definition) is 4. The van der Waals surface area contributed by atoms with Crippen molar-refractivity contribution >= 4 is 0 Å². The van der Waals surface area contributed by atoms with Gasteiger partial charge in [-0.25, -0.2) is 0 Å². The molecule has 1 unspecified atom stereocenters. The van der Waals surface area contributed by atoms with Gasteiger partial charge in [0, 0.05) is 20.2 Å². The third-order valence-corrected chi connectivity index (χ3v) is 2.96. The van der Waals surface area contributed by atoms with Crippen LogP contribution in [-0.4, -0.2) is 46.1 Å². The molecule has 1 aromatic carbocycles. The lowest BCUT2D eigenvalue weighted by Gasteiger charge is -2.23. The number of hydrogen-bond donors (Lipinski definition) is 1. The van der Waals surface area contributed by atoms with Gasteiger partial charge >= 0.3 is 0 Å². The van der Waals surface area contributed by atoms with Crippen LogP contribution in [-0.2, 0) is 15.9 Å². The molecule has 2 rings (SSSR count). The molecule has 0 spiro atoms. The lowest BCUT2D eigenvalue weighted by Crippen LogP contribution is -2.41. The predicted octanol–water partition coefficient (Wildman–Crippen LogP) is 1.24. The Labute approximate surface area is 108 Å². The summed E-state index contributed by atoms with van der Waals surface area (Å²) in [5.74, 6) is 0.894. The van der Waals surface area contributed by atoms with Gasteiger partial charge in [0.05, 0.1) is 13.2 Å². The molecule has 1 atom stereocenters. The molecular weight excluding hydrogens is 230 g/mol. The van der Waals surface area contributed by atoms with Crippen molar-refractivity contribution in [3.63, 3.8) is 0 Å². The maximum Gasteiger partial charge on any atom is 0.119 e. The fourth-order valence-electron chi connectivity index (χ4n) is 1.89. The fourth-order valence-corrected chi connectivity index (χ4v) is 1.89. The molecule has 1 aliphatic heterocycles. The molecule has 1 fully saturated rings. The van der Waals surface area contributed by atoms with Crippen LogP contribution in [0.3, 0.4) is 0 Å². The summed E-state index contributed by atoms with van der Waals surface area (Å²) in [6, 6.07) is 8.16. The first-order chi connectivity index (χ1) is 8.88. The molecule has 1 aromatic rings. The second kappa shape index (κ2) is 7.36. The van der Waals surface area contributed by atoms with Crippen LogP contribution in [0.4, 0.5) is 0 Å². The van der Waals surface area contributed by atoms with Crippen LogP contribution < -0.4 is 10.1 Å². The van der Waals surface area contributed by atoms with Gasteiger partial charge in [0.25, 0.3) is 0 Å². The van der Waals surface area contributed by atoms with Crippen molar-refractivity contribution in [2.45, 2.75) is 12.5 Å². The molecule has 1 N–H and O–H groups in total. The van der Waals surface area contributed by atoms with Crippen LogP contribution in [0, 0.1) is 0 Å². The Morgan fingerprint density at radius 2 is 2.17 bits per heavy atom. The van der Waals surface area contributed by atoms with Crippen LogP contribution in [0.1, 0.15) is 5.56 Å². The summed E-state index contributed by atoms with van der Waals surface area (Å²) in [5.41, 5.74) is 1.26. The quantitative estimate of drug-likeness (QED) is 0.826. The van der Waals surface area contributed by atoms with E-state index in [1.165, 1.54) is 5.56 Å². The predicted molar refractivity (Wildman–Crippen MR) is 70.1 cm³/mol. The van der Waals surface area contributed by atoms with Crippen LogP contribution in [0.15, 0.2) is 24.3 Å². The van der Waals surface area contributed by atoms with Crippen molar-refractivity contribution in [3.8, 4) is 5.75 Å². The van der Waals surface area contributed by atoms with Crippen molar-refractivity contribution in [1.82, 2.24) is 5.32 Å². The molecule has 0 saturated carbocycles. The van der Waals surface area contributed by atoms with Crippen LogP contribution in [0.5, 0.6) is 5.75 Å². The molecule has 0 radical (unpaired) electrons. The monoisotopic (exact) mass is 251 g/mol. The molecule has 0 bridgehead atoms. The highest BCUT2D eigenvalue weighted by atomic mass is 16.5. The first kappa shape index (κ1) is 13.3. The standard InChI is InChI=1S/C14H21NO3/c1-16-8-6-12-2-4-13(5-3-12)18-11-14-10-15-7-9-17-14/h2-5,14-15H,6-11H2,1H3. The van der Waals surface area contributed by atoms with Crippen LogP contribution in [0.25, 0.3) is 0 Å². The highest BCUT2D eigenvalue weighted by molar-refractivity contribution is 5.27. The normalized spacial score (nSPS) is 19.7. The Morgan fingerprint density at radius 3 is 2.83 bits per heavy atom. The topological polar surface area (TPSA) is 39.7 Å². The van der Waals surface area contributed by atoms with Gasteiger partial charge in [0.1, 0.15) is 18.5 Å². The van der Waals surface area contributed by atoms with E-state index in [2.05, 4.69) is 17.4 Å². The number of benzene rings is 1. The maximum absolute atomic E-state index is 5.71. The molecule has 1 aliphatic rings. The van der Waals surface area contributed by atoms with Crippen LogP contribution in [0.2, 0.25) is 0 Å². The third kappa shape index (κ3) is 4.29. The zero-order valence-corrected chi connectivity index (χ0v) is 10.9. The van der Waals surface area contributed by atoms with E-state index < -0.39 is 0 Å². The van der Waals surface area contributed by atoms with E-state index in [-0.39, 0.29) is 6.10 Å². The molecule has 1 saturated heterocycles. The van der Waals surface area contributed by atoms with E-state index >= 15 is 0 Å². The Hall–Kier alpha value is -1.10. The molecular formula is C14H21NO3. The molecule has 4 heteroatoms. The summed E-state index contributed by atoms with van der Waals surface area (Å²) in [6.45, 7) is 3.92. The third-order valence-electron chi connectivity index (χ3n) is 2.96. The summed E-state index contributed by atoms with van der Waals surface area (Å²) in [5, 5.41) is 3.28. The highest BCUT2D eigenvalue weighted by Gasteiger charge is 2.13. The Morgan fingerprint density at radius 1 is 1.33 bits per heavy atom. The Kier molecular flexibility index (Phi) is 5.45. The van der Waals surface area contributed by atoms with Crippen molar-refractivity contribution in [3.05, 3.63) is 29.8 Å². The van der Waals surface area contributed by atoms with Crippen molar-refractivity contribution < 1.29 is 14.2 Å². The number of methoxy groups -OCH3 is 1. The molecule has 1 heterocycles. The van der Waals surface area contributed by atoms with Gasteiger partial charge in [0.15, 0.2) is 0 Å². The molecule has 0 aromatic heterocycles. The Balaban J connectivity index is 1.75. The van der Waals surface area contributed by atoms with E-state index in [1.807, 2.05) is 12.1 Å². The zero-order valence-electron chi connectivity index (χ0n) is 10.9. The summed E-state index contributed by atoms with van der Waals surface area (Å²) in [4.78, 5) is 0. The summed E-state index contributed by atoms with van der Waals surface area (Å²) < 4.78 is 16.3. The number of nitrogens with one attached hydrogen (secondary N) is 1. The minimum absolute atomic E-state index is 0.159. The van der Waals surface area contributed by atoms with E-state index in [0.29, 0.717) is 6.61 Å². The van der Waals surface area contributed by atoms with E-state index in [4.69, 9.17) is 14.2 Å². The van der Waals surface area contributed by atoms with Crippen molar-refractivity contribution in [2.75, 3.05) is 40.0 Å². The zero-order chi connectivity index (χ0) is 12.6. The summed E-state index contributed by atoms with van der Waals surface area (Å²) >= 11 is 0. The molecule has 0 amide bonds. The van der Waals surface area contributed by atoms with Crippen molar-refractivity contribution in [2.24, 2.45) is 0 Å². The van der Waals surface area contributed by atoms with Crippen LogP contribution >= 0.6 is 0 Å². The SMILES string of the molecule is COCCc1ccc(OCC2CNCCO2)cc1. The molecule has 100 valence electrons. The maximum atomic E-state index is 5.71. The Bertz CT molecular complexity index is 333. The van der Waals surface area contributed by atoms with Crippen molar-refractivity contribution in [1.29, 1.82) is 0 Å². The second-order valence-electron chi connectivity index (χ2n) is 4.39. The number of morpholine rings is 1. The largest absolute Gasteiger partial charge is 0.491 e. The van der Waals surface area contributed by atoms with Gasteiger partial charge in [-0.1, -0.05) is 12.1 Å². The average Bonchev–Trinajstić information content (AvgIpc) is 2.45. The fraction of sp³-hybridized carbons (Fsp3) is 0.571. The van der Waals surface area contributed by atoms with Gasteiger partial charge in [-0.3, -0.25) is 0 Å². The highest BCUT2D eigenvalue weighted by Crippen LogP contribution is 2.13. The first-order valence-electron chi connectivity index (χ1n) is 6.41. The van der Waals surface area contributed by atoms with Gasteiger partial charge < -0.3 is 19.5 Å². The number of rotatable bonds is 6. The lowest BCUT2D eigenvalue weighted by molar-refractivity contribution is 0.000192. The smallest absolute Gasteiger partial charge is 0.119 e. The first-order valence-corrected chi connectivity index (χ1v) is 6.41. The minimum atomic E-state index is 0.159. The van der Waals surface area contributed by atoms with E-state index in [0.717, 1.165) is 38.5 Å². The summed E-state index contributed by atoms with van der Waals surface area (Å²) in [7, 11) is 1.72. The molecule has 18 heavy (non-hydrogen) atoms. The lowest BCUT2D eigenvalue weighted by atomic mass is 10.1. The minimum Gasteiger partial charge on any atom is -0.491 e. The van der Waals surface area contributed by atoms with Gasteiger partial charge in [-0.2, -0.15) is 0 Å². The average molecular weight is 251 g/mol. The van der Waals surface area contributed by atoms with E-state index in [9.17, 15) is 0 Å². The number of ether oxygens (including phenoxy) is 3. The van der Waals surface area contributed by atoms with E-state index in [1.54, 1.807) is 7.11 Å².